The van der Waals surface area contributed by atoms with Crippen LogP contribution in [0.2, 0.25) is 0 Å². The van der Waals surface area contributed by atoms with Gasteiger partial charge in [0.05, 0.1) is 12.7 Å². The van der Waals surface area contributed by atoms with E-state index in [0.29, 0.717) is 29.1 Å². The van der Waals surface area contributed by atoms with E-state index in [4.69, 9.17) is 10.5 Å². The Morgan fingerprint density at radius 2 is 1.56 bits per heavy atom. The van der Waals surface area contributed by atoms with Gasteiger partial charge in [-0.2, -0.15) is 0 Å². The van der Waals surface area contributed by atoms with Gasteiger partial charge >= 0.3 is 0 Å². The van der Waals surface area contributed by atoms with Crippen molar-refractivity contribution in [1.82, 2.24) is 4.90 Å². The summed E-state index contributed by atoms with van der Waals surface area (Å²) in [4.78, 5) is 28.0. The van der Waals surface area contributed by atoms with Gasteiger partial charge in [0.15, 0.2) is 0 Å². The Bertz CT molecular complexity index is 1110. The second-order valence-corrected chi connectivity index (χ2v) is 8.72. The number of hydrogen-bond acceptors (Lipinski definition) is 4. The second kappa shape index (κ2) is 11.0. The predicted molar refractivity (Wildman–Crippen MR) is 134 cm³/mol. The Labute approximate surface area is 200 Å². The van der Waals surface area contributed by atoms with Crippen LogP contribution in [0.4, 0.5) is 5.69 Å². The minimum absolute atomic E-state index is 0.0367. The van der Waals surface area contributed by atoms with Crippen molar-refractivity contribution in [2.45, 2.75) is 44.3 Å². The average molecular weight is 458 g/mol. The van der Waals surface area contributed by atoms with Crippen molar-refractivity contribution in [3.63, 3.8) is 0 Å². The summed E-state index contributed by atoms with van der Waals surface area (Å²) in [6.07, 6.45) is 3.67. The van der Waals surface area contributed by atoms with Crippen molar-refractivity contribution in [1.29, 1.82) is 0 Å². The molecule has 0 unspecified atom stereocenters. The molecule has 1 saturated carbocycles. The molecule has 3 N–H and O–H groups in total. The number of anilines is 1. The van der Waals surface area contributed by atoms with Crippen LogP contribution in [0, 0.1) is 0 Å². The number of hydrogen-bond donors (Lipinski definition) is 2. The van der Waals surface area contributed by atoms with E-state index in [0.717, 1.165) is 31.2 Å². The predicted octanol–water partition coefficient (Wildman–Crippen LogP) is 4.86. The van der Waals surface area contributed by atoms with Gasteiger partial charge in [-0.15, -0.1) is 0 Å². The first-order valence-corrected chi connectivity index (χ1v) is 11.7. The molecule has 4 rings (SSSR count). The summed E-state index contributed by atoms with van der Waals surface area (Å²) in [5.41, 5.74) is 8.97. The standard InChI is InChI=1S/C28H31N3O3/c1-34-26-10-6-5-9-25(26)27(32)30-23-15-11-20(12-16-23)19-31(24-17-13-22(29)14-18-24)28(33)21-7-3-2-4-8-21/h2-12,15-16,22,24H,13-14,17-19,29H2,1H3,(H,30,32). The summed E-state index contributed by atoms with van der Waals surface area (Å²) in [6.45, 7) is 0.508. The molecule has 0 radical (unpaired) electrons. The van der Waals surface area contributed by atoms with Gasteiger partial charge in [0.1, 0.15) is 5.75 Å². The van der Waals surface area contributed by atoms with Crippen LogP contribution >= 0.6 is 0 Å². The van der Waals surface area contributed by atoms with E-state index in [1.54, 1.807) is 25.3 Å². The topological polar surface area (TPSA) is 84.7 Å². The highest BCUT2D eigenvalue weighted by atomic mass is 16.5. The van der Waals surface area contributed by atoms with Crippen LogP contribution in [0.15, 0.2) is 78.9 Å². The fraction of sp³-hybridized carbons (Fsp3) is 0.286. The van der Waals surface area contributed by atoms with Crippen LogP contribution in [0.1, 0.15) is 52.0 Å². The molecule has 0 heterocycles. The van der Waals surface area contributed by atoms with Crippen molar-refractivity contribution in [2.24, 2.45) is 5.73 Å². The number of nitrogens with one attached hydrogen (secondary N) is 1. The maximum atomic E-state index is 13.4. The Kier molecular flexibility index (Phi) is 7.60. The Morgan fingerprint density at radius 3 is 2.24 bits per heavy atom. The maximum absolute atomic E-state index is 13.4. The molecule has 6 nitrogen and oxygen atoms in total. The van der Waals surface area contributed by atoms with Gasteiger partial charge in [0, 0.05) is 29.9 Å². The Balaban J connectivity index is 1.48. The van der Waals surface area contributed by atoms with Crippen molar-refractivity contribution < 1.29 is 14.3 Å². The zero-order chi connectivity index (χ0) is 23.9. The van der Waals surface area contributed by atoms with E-state index in [1.807, 2.05) is 65.6 Å². The minimum atomic E-state index is -0.232. The fourth-order valence-corrected chi connectivity index (χ4v) is 4.45. The molecular formula is C28H31N3O3. The summed E-state index contributed by atoms with van der Waals surface area (Å²) in [7, 11) is 1.55. The van der Waals surface area contributed by atoms with Crippen LogP contribution in [0.25, 0.3) is 0 Å². The molecule has 3 aromatic carbocycles. The van der Waals surface area contributed by atoms with Gasteiger partial charge in [-0.25, -0.2) is 0 Å². The number of nitrogens with zero attached hydrogens (tertiary/aromatic N) is 1. The van der Waals surface area contributed by atoms with Gasteiger partial charge in [-0.1, -0.05) is 42.5 Å². The van der Waals surface area contributed by atoms with Crippen molar-refractivity contribution in [2.75, 3.05) is 12.4 Å². The third-order valence-electron chi connectivity index (χ3n) is 6.38. The second-order valence-electron chi connectivity index (χ2n) is 8.72. The molecular weight excluding hydrogens is 426 g/mol. The molecule has 1 aliphatic rings. The Hall–Kier alpha value is -3.64. The molecule has 2 amide bonds. The number of rotatable bonds is 7. The van der Waals surface area contributed by atoms with E-state index < -0.39 is 0 Å². The van der Waals surface area contributed by atoms with Crippen LogP contribution in [0.3, 0.4) is 0 Å². The van der Waals surface area contributed by atoms with E-state index in [2.05, 4.69) is 5.32 Å². The highest BCUT2D eigenvalue weighted by molar-refractivity contribution is 6.06. The maximum Gasteiger partial charge on any atom is 0.259 e. The SMILES string of the molecule is COc1ccccc1C(=O)Nc1ccc(CN(C(=O)c2ccccc2)C2CCC(N)CC2)cc1. The summed E-state index contributed by atoms with van der Waals surface area (Å²) in [5, 5.41) is 2.92. The van der Waals surface area contributed by atoms with Crippen LogP contribution < -0.4 is 15.8 Å². The molecule has 0 saturated heterocycles. The number of nitrogens with two attached hydrogens (primary N) is 1. The first kappa shape index (κ1) is 23.5. The molecule has 3 aromatic rings. The average Bonchev–Trinajstić information content (AvgIpc) is 2.89. The van der Waals surface area contributed by atoms with Crippen LogP contribution in [-0.4, -0.2) is 35.9 Å². The molecule has 0 bridgehead atoms. The first-order valence-electron chi connectivity index (χ1n) is 11.7. The number of carbonyl (C=O) groups is 2. The molecule has 34 heavy (non-hydrogen) atoms. The monoisotopic (exact) mass is 457 g/mol. The van der Waals surface area contributed by atoms with Gasteiger partial charge in [-0.3, -0.25) is 9.59 Å². The zero-order valence-electron chi connectivity index (χ0n) is 19.4. The van der Waals surface area contributed by atoms with Crippen molar-refractivity contribution in [3.8, 4) is 5.75 Å². The molecule has 6 heteroatoms. The summed E-state index contributed by atoms with van der Waals surface area (Å²) in [6, 6.07) is 24.6. The number of methoxy groups -OCH3 is 1. The van der Waals surface area contributed by atoms with Crippen LogP contribution in [0.5, 0.6) is 5.75 Å². The first-order chi connectivity index (χ1) is 16.5. The van der Waals surface area contributed by atoms with E-state index in [9.17, 15) is 9.59 Å². The number of para-hydroxylation sites is 1. The molecule has 1 fully saturated rings. The normalized spacial score (nSPS) is 17.6. The third kappa shape index (κ3) is 5.64. The molecule has 0 spiro atoms. The minimum Gasteiger partial charge on any atom is -0.496 e. The lowest BCUT2D eigenvalue weighted by Gasteiger charge is -2.36. The molecule has 1 aliphatic carbocycles. The summed E-state index contributed by atoms with van der Waals surface area (Å²) in [5.74, 6) is 0.332. The zero-order valence-corrected chi connectivity index (χ0v) is 19.4. The molecule has 0 atom stereocenters. The largest absolute Gasteiger partial charge is 0.496 e. The van der Waals surface area contributed by atoms with E-state index in [1.165, 1.54) is 0 Å². The lowest BCUT2D eigenvalue weighted by atomic mass is 9.90. The highest BCUT2D eigenvalue weighted by Crippen LogP contribution is 2.26. The highest BCUT2D eigenvalue weighted by Gasteiger charge is 2.28. The van der Waals surface area contributed by atoms with Gasteiger partial charge < -0.3 is 20.7 Å². The quantitative estimate of drug-likeness (QED) is 0.531. The lowest BCUT2D eigenvalue weighted by molar-refractivity contribution is 0.0606. The van der Waals surface area contributed by atoms with Crippen molar-refractivity contribution >= 4 is 17.5 Å². The fourth-order valence-electron chi connectivity index (χ4n) is 4.45. The summed E-state index contributed by atoms with van der Waals surface area (Å²) >= 11 is 0. The number of ether oxygens (including phenoxy) is 1. The third-order valence-corrected chi connectivity index (χ3v) is 6.38. The van der Waals surface area contributed by atoms with Crippen LogP contribution in [-0.2, 0) is 6.54 Å². The molecule has 0 aromatic heterocycles. The van der Waals surface area contributed by atoms with E-state index in [-0.39, 0.29) is 23.9 Å². The number of carbonyl (C=O) groups excluding carboxylic acids is 2. The molecule has 0 aliphatic heterocycles. The smallest absolute Gasteiger partial charge is 0.259 e. The summed E-state index contributed by atoms with van der Waals surface area (Å²) < 4.78 is 5.28. The number of amides is 2. The van der Waals surface area contributed by atoms with Gasteiger partial charge in [0.25, 0.3) is 11.8 Å². The lowest BCUT2D eigenvalue weighted by Crippen LogP contribution is -2.43. The van der Waals surface area contributed by atoms with Crippen molar-refractivity contribution in [3.05, 3.63) is 95.6 Å². The molecule has 176 valence electrons. The Morgan fingerprint density at radius 1 is 0.912 bits per heavy atom. The van der Waals surface area contributed by atoms with E-state index >= 15 is 0 Å². The van der Waals surface area contributed by atoms with Gasteiger partial charge in [0.2, 0.25) is 0 Å². The number of benzene rings is 3. The van der Waals surface area contributed by atoms with Gasteiger partial charge in [-0.05, 0) is 67.6 Å².